The van der Waals surface area contributed by atoms with Crippen molar-refractivity contribution in [3.05, 3.63) is 16.1 Å². The Morgan fingerprint density at radius 3 is 2.62 bits per heavy atom. The fraction of sp³-hybridized carbons (Fsp3) is 0.556. The maximum atomic E-state index is 11.6. The first kappa shape index (κ1) is 10.4. The third-order valence-electron chi connectivity index (χ3n) is 2.02. The molecular weight excluding hydrogens is 232 g/mol. The second kappa shape index (κ2) is 4.05. The Morgan fingerprint density at radius 2 is 2.23 bits per heavy atom. The van der Waals surface area contributed by atoms with Crippen molar-refractivity contribution in [1.82, 2.24) is 9.55 Å². The van der Waals surface area contributed by atoms with E-state index in [2.05, 4.69) is 20.9 Å². The average molecular weight is 245 g/mol. The van der Waals surface area contributed by atoms with Crippen LogP contribution in [0.15, 0.2) is 4.60 Å². The van der Waals surface area contributed by atoms with E-state index < -0.39 is 0 Å². The molecule has 3 nitrogen and oxygen atoms in total. The SMILES string of the molecule is CCCC(=O)c1c(Br)nc(C)n1C. The fourth-order valence-electron chi connectivity index (χ4n) is 1.22. The Labute approximate surface area is 86.3 Å². The lowest BCUT2D eigenvalue weighted by molar-refractivity contribution is 0.0973. The zero-order valence-electron chi connectivity index (χ0n) is 8.09. The number of hydrogen-bond donors (Lipinski definition) is 0. The standard InChI is InChI=1S/C9H13BrN2O/c1-4-5-7(13)8-9(10)11-6(2)12(8)3/h4-5H2,1-3H3. The summed E-state index contributed by atoms with van der Waals surface area (Å²) < 4.78 is 2.48. The summed E-state index contributed by atoms with van der Waals surface area (Å²) >= 11 is 3.29. The van der Waals surface area contributed by atoms with Crippen molar-refractivity contribution in [3.8, 4) is 0 Å². The Bertz CT molecular complexity index is 331. The fourth-order valence-corrected chi connectivity index (χ4v) is 1.96. The molecule has 0 amide bonds. The van der Waals surface area contributed by atoms with Crippen molar-refractivity contribution in [3.63, 3.8) is 0 Å². The molecule has 0 spiro atoms. The van der Waals surface area contributed by atoms with E-state index in [9.17, 15) is 4.79 Å². The summed E-state index contributed by atoms with van der Waals surface area (Å²) in [5, 5.41) is 0. The quantitative estimate of drug-likeness (QED) is 0.766. The van der Waals surface area contributed by atoms with E-state index in [-0.39, 0.29) is 5.78 Å². The summed E-state index contributed by atoms with van der Waals surface area (Å²) in [5.41, 5.74) is 0.680. The molecule has 0 N–H and O–H groups in total. The number of nitrogens with zero attached hydrogens (tertiary/aromatic N) is 2. The lowest BCUT2D eigenvalue weighted by Gasteiger charge is -2.01. The first-order valence-corrected chi connectivity index (χ1v) is 5.09. The summed E-state index contributed by atoms with van der Waals surface area (Å²) in [4.78, 5) is 15.8. The summed E-state index contributed by atoms with van der Waals surface area (Å²) in [5.74, 6) is 1.00. The summed E-state index contributed by atoms with van der Waals surface area (Å²) in [6, 6.07) is 0. The smallest absolute Gasteiger partial charge is 0.182 e. The highest BCUT2D eigenvalue weighted by molar-refractivity contribution is 9.10. The molecule has 0 aliphatic rings. The maximum Gasteiger partial charge on any atom is 0.182 e. The van der Waals surface area contributed by atoms with Gasteiger partial charge in [-0.25, -0.2) is 4.98 Å². The van der Waals surface area contributed by atoms with Gasteiger partial charge in [0.05, 0.1) is 0 Å². The molecule has 0 aliphatic heterocycles. The predicted molar refractivity (Wildman–Crippen MR) is 54.9 cm³/mol. The maximum absolute atomic E-state index is 11.6. The van der Waals surface area contributed by atoms with Crippen LogP contribution in [0.1, 0.15) is 36.1 Å². The molecule has 0 bridgehead atoms. The highest BCUT2D eigenvalue weighted by Crippen LogP contribution is 2.18. The second-order valence-electron chi connectivity index (χ2n) is 3.03. The number of imidazole rings is 1. The van der Waals surface area contributed by atoms with Crippen molar-refractivity contribution in [2.24, 2.45) is 7.05 Å². The van der Waals surface area contributed by atoms with Gasteiger partial charge in [0.15, 0.2) is 5.78 Å². The largest absolute Gasteiger partial charge is 0.328 e. The predicted octanol–water partition coefficient (Wildman–Crippen LogP) is 2.47. The second-order valence-corrected chi connectivity index (χ2v) is 3.78. The number of Topliss-reactive ketones (excluding diaryl/α,β-unsaturated/α-hetero) is 1. The number of hydrogen-bond acceptors (Lipinski definition) is 2. The van der Waals surface area contributed by atoms with Crippen LogP contribution >= 0.6 is 15.9 Å². The van der Waals surface area contributed by atoms with Crippen LogP contribution in [0.25, 0.3) is 0 Å². The minimum Gasteiger partial charge on any atom is -0.328 e. The zero-order valence-corrected chi connectivity index (χ0v) is 9.68. The van der Waals surface area contributed by atoms with Gasteiger partial charge in [-0.3, -0.25) is 4.79 Å². The molecule has 0 atom stereocenters. The average Bonchev–Trinajstić information content (AvgIpc) is 2.27. The van der Waals surface area contributed by atoms with Crippen molar-refractivity contribution in [1.29, 1.82) is 0 Å². The van der Waals surface area contributed by atoms with Crippen LogP contribution < -0.4 is 0 Å². The van der Waals surface area contributed by atoms with Crippen LogP contribution in [-0.2, 0) is 7.05 Å². The molecule has 1 aromatic rings. The molecule has 0 saturated carbocycles. The monoisotopic (exact) mass is 244 g/mol. The molecule has 0 fully saturated rings. The van der Waals surface area contributed by atoms with Gasteiger partial charge < -0.3 is 4.57 Å². The van der Waals surface area contributed by atoms with Gasteiger partial charge in [0.25, 0.3) is 0 Å². The van der Waals surface area contributed by atoms with Gasteiger partial charge in [-0.05, 0) is 29.3 Å². The van der Waals surface area contributed by atoms with Crippen LogP contribution in [0, 0.1) is 6.92 Å². The number of ketones is 1. The number of aryl methyl sites for hydroxylation is 1. The molecule has 72 valence electrons. The minimum atomic E-state index is 0.150. The van der Waals surface area contributed by atoms with Crippen LogP contribution in [0.2, 0.25) is 0 Å². The van der Waals surface area contributed by atoms with E-state index in [1.807, 2.05) is 25.5 Å². The molecular formula is C9H13BrN2O. The number of aromatic nitrogens is 2. The molecule has 0 aromatic carbocycles. The number of halogens is 1. The summed E-state index contributed by atoms with van der Waals surface area (Å²) in [6.07, 6.45) is 1.45. The van der Waals surface area contributed by atoms with E-state index in [4.69, 9.17) is 0 Å². The van der Waals surface area contributed by atoms with Crippen LogP contribution in [0.5, 0.6) is 0 Å². The highest BCUT2D eigenvalue weighted by Gasteiger charge is 2.16. The van der Waals surface area contributed by atoms with Crippen molar-refractivity contribution in [2.45, 2.75) is 26.7 Å². The molecule has 0 unspecified atom stereocenters. The Balaban J connectivity index is 3.06. The lowest BCUT2D eigenvalue weighted by Crippen LogP contribution is -2.06. The molecule has 4 heteroatoms. The lowest BCUT2D eigenvalue weighted by atomic mass is 10.2. The van der Waals surface area contributed by atoms with Crippen molar-refractivity contribution >= 4 is 21.7 Å². The molecule has 13 heavy (non-hydrogen) atoms. The zero-order chi connectivity index (χ0) is 10.0. The van der Waals surface area contributed by atoms with Gasteiger partial charge >= 0.3 is 0 Å². The van der Waals surface area contributed by atoms with E-state index in [1.54, 1.807) is 0 Å². The van der Waals surface area contributed by atoms with Crippen molar-refractivity contribution < 1.29 is 4.79 Å². The van der Waals surface area contributed by atoms with E-state index in [1.165, 1.54) is 0 Å². The Hall–Kier alpha value is -0.640. The number of rotatable bonds is 3. The first-order valence-electron chi connectivity index (χ1n) is 4.30. The van der Waals surface area contributed by atoms with E-state index in [0.717, 1.165) is 12.2 Å². The summed E-state index contributed by atoms with van der Waals surface area (Å²) in [6.45, 7) is 3.88. The molecule has 1 rings (SSSR count). The van der Waals surface area contributed by atoms with Crippen LogP contribution in [0.4, 0.5) is 0 Å². The Kier molecular flexibility index (Phi) is 3.25. The molecule has 1 aromatic heterocycles. The normalized spacial score (nSPS) is 10.5. The molecule has 1 heterocycles. The number of carbonyl (C=O) groups is 1. The molecule has 0 saturated heterocycles. The summed E-state index contributed by atoms with van der Waals surface area (Å²) in [7, 11) is 1.86. The molecule has 0 radical (unpaired) electrons. The topological polar surface area (TPSA) is 34.9 Å². The van der Waals surface area contributed by atoms with Crippen molar-refractivity contribution in [2.75, 3.05) is 0 Å². The first-order chi connectivity index (χ1) is 6.07. The third-order valence-corrected chi connectivity index (χ3v) is 2.57. The van der Waals surface area contributed by atoms with Gasteiger partial charge in [0, 0.05) is 13.5 Å². The minimum absolute atomic E-state index is 0.150. The van der Waals surface area contributed by atoms with Crippen LogP contribution in [-0.4, -0.2) is 15.3 Å². The van der Waals surface area contributed by atoms with Gasteiger partial charge in [-0.1, -0.05) is 6.92 Å². The Morgan fingerprint density at radius 1 is 1.62 bits per heavy atom. The van der Waals surface area contributed by atoms with Gasteiger partial charge in [-0.2, -0.15) is 0 Å². The van der Waals surface area contributed by atoms with Crippen LogP contribution in [0.3, 0.4) is 0 Å². The van der Waals surface area contributed by atoms with Gasteiger partial charge in [0.1, 0.15) is 16.1 Å². The van der Waals surface area contributed by atoms with Gasteiger partial charge in [0.2, 0.25) is 0 Å². The highest BCUT2D eigenvalue weighted by atomic mass is 79.9. The van der Waals surface area contributed by atoms with E-state index in [0.29, 0.717) is 16.7 Å². The third kappa shape index (κ3) is 1.99. The van der Waals surface area contributed by atoms with Gasteiger partial charge in [-0.15, -0.1) is 0 Å². The molecule has 0 aliphatic carbocycles. The number of carbonyl (C=O) groups excluding carboxylic acids is 1. The van der Waals surface area contributed by atoms with E-state index >= 15 is 0 Å².